The van der Waals surface area contributed by atoms with Crippen LogP contribution in [0.2, 0.25) is 0 Å². The van der Waals surface area contributed by atoms with Crippen molar-refractivity contribution in [1.82, 2.24) is 20.1 Å². The average molecular weight is 358 g/mol. The Kier molecular flexibility index (Phi) is 5.27. The molecule has 7 heteroatoms. The van der Waals surface area contributed by atoms with Crippen molar-refractivity contribution in [2.24, 2.45) is 5.41 Å². The van der Waals surface area contributed by atoms with Gasteiger partial charge in [-0.15, -0.1) is 0 Å². The molecule has 7 nitrogen and oxygen atoms in total. The molecule has 0 bridgehead atoms. The molecule has 1 aromatic heterocycles. The number of morpholine rings is 1. The normalized spacial score (nSPS) is 21.0. The molecule has 1 fully saturated rings. The van der Waals surface area contributed by atoms with Crippen LogP contribution >= 0.6 is 0 Å². The van der Waals surface area contributed by atoms with Crippen molar-refractivity contribution in [3.8, 4) is 0 Å². The van der Waals surface area contributed by atoms with Gasteiger partial charge in [0.05, 0.1) is 12.6 Å². The first kappa shape index (κ1) is 18.4. The minimum atomic E-state index is -0.351. The van der Waals surface area contributed by atoms with E-state index in [1.54, 1.807) is 0 Å². The molecule has 0 saturated carbocycles. The zero-order chi connectivity index (χ0) is 18.7. The van der Waals surface area contributed by atoms with Gasteiger partial charge in [-0.25, -0.2) is 9.89 Å². The number of carbonyl (C=O) groups is 1. The van der Waals surface area contributed by atoms with Crippen molar-refractivity contribution >= 4 is 5.91 Å². The Morgan fingerprint density at radius 1 is 1.27 bits per heavy atom. The molecular weight excluding hydrogens is 332 g/mol. The molecule has 2 aromatic rings. The number of hydrogen-bond acceptors (Lipinski definition) is 4. The number of amides is 1. The zero-order valence-corrected chi connectivity index (χ0v) is 15.5. The predicted molar refractivity (Wildman–Crippen MR) is 97.6 cm³/mol. The van der Waals surface area contributed by atoms with Crippen LogP contribution in [0.15, 0.2) is 35.1 Å². The van der Waals surface area contributed by atoms with Gasteiger partial charge in [0.1, 0.15) is 11.9 Å². The highest BCUT2D eigenvalue weighted by Crippen LogP contribution is 2.33. The molecule has 2 heterocycles. The number of carbonyl (C=O) groups excluding carboxylic acids is 1. The van der Waals surface area contributed by atoms with E-state index in [0.29, 0.717) is 31.8 Å². The molecule has 0 unspecified atom stereocenters. The van der Waals surface area contributed by atoms with Crippen LogP contribution in [-0.4, -0.2) is 45.2 Å². The Hall–Kier alpha value is -2.41. The molecule has 0 spiro atoms. The van der Waals surface area contributed by atoms with Crippen molar-refractivity contribution in [2.75, 3.05) is 13.1 Å². The number of benzene rings is 1. The molecule has 2 N–H and O–H groups in total. The lowest BCUT2D eigenvalue weighted by molar-refractivity contribution is -0.157. The Labute approximate surface area is 152 Å². The van der Waals surface area contributed by atoms with Crippen LogP contribution in [0.25, 0.3) is 0 Å². The Morgan fingerprint density at radius 2 is 2.00 bits per heavy atom. The van der Waals surface area contributed by atoms with Crippen LogP contribution in [0.3, 0.4) is 0 Å². The summed E-state index contributed by atoms with van der Waals surface area (Å²) in [6, 6.07) is 10.0. The molecular formula is C19H26N4O3. The number of H-pyrrole nitrogens is 2. The van der Waals surface area contributed by atoms with Gasteiger partial charge in [-0.3, -0.25) is 9.78 Å². The van der Waals surface area contributed by atoms with Gasteiger partial charge in [-0.1, -0.05) is 51.1 Å². The SMILES string of the molecule is CC(C)(C)[C@H]1CN(C(=O)CCc2n[nH]c(=O)[nH]2)C[C@@H](c2ccccc2)O1. The second-order valence-corrected chi connectivity index (χ2v) is 7.81. The van der Waals surface area contributed by atoms with Crippen molar-refractivity contribution in [2.45, 2.75) is 45.8 Å². The van der Waals surface area contributed by atoms with Crippen LogP contribution in [0, 0.1) is 5.41 Å². The largest absolute Gasteiger partial charge is 0.366 e. The summed E-state index contributed by atoms with van der Waals surface area (Å²) in [6.45, 7) is 7.49. The minimum Gasteiger partial charge on any atom is -0.366 e. The molecule has 26 heavy (non-hydrogen) atoms. The summed E-state index contributed by atoms with van der Waals surface area (Å²) < 4.78 is 6.32. The second-order valence-electron chi connectivity index (χ2n) is 7.81. The minimum absolute atomic E-state index is 0.0457. The Morgan fingerprint density at radius 3 is 2.62 bits per heavy atom. The quantitative estimate of drug-likeness (QED) is 0.875. The standard InChI is InChI=1S/C19H26N4O3/c1-19(2,3)15-12-23(11-14(26-15)13-7-5-4-6-8-13)17(24)10-9-16-20-18(25)22-21-16/h4-8,14-15H,9-12H2,1-3H3,(H2,20,21,22,25)/t14-,15+/m0/s1. The van der Waals surface area contributed by atoms with E-state index in [1.165, 1.54) is 0 Å². The first-order chi connectivity index (χ1) is 12.3. The van der Waals surface area contributed by atoms with Gasteiger partial charge < -0.3 is 9.64 Å². The third kappa shape index (κ3) is 4.40. The summed E-state index contributed by atoms with van der Waals surface area (Å²) in [7, 11) is 0. The number of aromatic amines is 2. The first-order valence-corrected chi connectivity index (χ1v) is 8.94. The maximum Gasteiger partial charge on any atom is 0.340 e. The summed E-state index contributed by atoms with van der Waals surface area (Å²) in [5.74, 6) is 0.552. The lowest BCUT2D eigenvalue weighted by Crippen LogP contribution is -2.51. The number of nitrogens with one attached hydrogen (secondary N) is 2. The second kappa shape index (κ2) is 7.45. The summed E-state index contributed by atoms with van der Waals surface area (Å²) >= 11 is 0. The van der Waals surface area contributed by atoms with Gasteiger partial charge in [0.15, 0.2) is 0 Å². The molecule has 1 aliphatic heterocycles. The summed E-state index contributed by atoms with van der Waals surface area (Å²) in [5.41, 5.74) is 0.658. The molecule has 1 aromatic carbocycles. The Balaban J connectivity index is 1.71. The number of hydrogen-bond donors (Lipinski definition) is 2. The van der Waals surface area contributed by atoms with Gasteiger partial charge >= 0.3 is 5.69 Å². The molecule has 140 valence electrons. The summed E-state index contributed by atoms with van der Waals surface area (Å²) in [6.07, 6.45) is 0.531. The maximum atomic E-state index is 12.8. The van der Waals surface area contributed by atoms with Crippen LogP contribution in [-0.2, 0) is 16.0 Å². The molecule has 0 radical (unpaired) electrons. The van der Waals surface area contributed by atoms with E-state index in [0.717, 1.165) is 5.56 Å². The van der Waals surface area contributed by atoms with Crippen molar-refractivity contribution in [1.29, 1.82) is 0 Å². The van der Waals surface area contributed by atoms with E-state index < -0.39 is 0 Å². The highest BCUT2D eigenvalue weighted by atomic mass is 16.5. The van der Waals surface area contributed by atoms with Crippen molar-refractivity contribution in [3.05, 3.63) is 52.2 Å². The van der Waals surface area contributed by atoms with Gasteiger partial charge in [-0.05, 0) is 11.0 Å². The molecule has 1 saturated heterocycles. The van der Waals surface area contributed by atoms with E-state index in [4.69, 9.17) is 4.74 Å². The van der Waals surface area contributed by atoms with E-state index in [1.807, 2.05) is 35.2 Å². The van der Waals surface area contributed by atoms with Crippen LogP contribution in [0.5, 0.6) is 0 Å². The maximum absolute atomic E-state index is 12.8. The van der Waals surface area contributed by atoms with E-state index in [-0.39, 0.29) is 29.2 Å². The third-order valence-electron chi connectivity index (χ3n) is 4.72. The van der Waals surface area contributed by atoms with Gasteiger partial charge in [0.2, 0.25) is 5.91 Å². The lowest BCUT2D eigenvalue weighted by atomic mass is 9.87. The monoisotopic (exact) mass is 358 g/mol. The van der Waals surface area contributed by atoms with Gasteiger partial charge in [0.25, 0.3) is 0 Å². The fourth-order valence-electron chi connectivity index (χ4n) is 3.10. The van der Waals surface area contributed by atoms with E-state index in [2.05, 4.69) is 36.0 Å². The highest BCUT2D eigenvalue weighted by Gasteiger charge is 2.37. The first-order valence-electron chi connectivity index (χ1n) is 8.94. The van der Waals surface area contributed by atoms with Crippen LogP contribution < -0.4 is 5.69 Å². The molecule has 2 atom stereocenters. The smallest absolute Gasteiger partial charge is 0.340 e. The summed E-state index contributed by atoms with van der Waals surface area (Å²) in [4.78, 5) is 28.3. The molecule has 1 amide bonds. The van der Waals surface area contributed by atoms with Crippen molar-refractivity contribution in [3.63, 3.8) is 0 Å². The number of aromatic nitrogens is 3. The lowest BCUT2D eigenvalue weighted by Gasteiger charge is -2.43. The van der Waals surface area contributed by atoms with E-state index in [9.17, 15) is 9.59 Å². The molecule has 3 rings (SSSR count). The predicted octanol–water partition coefficient (Wildman–Crippen LogP) is 2.05. The molecule has 1 aliphatic rings. The van der Waals surface area contributed by atoms with Crippen LogP contribution in [0.1, 0.15) is 44.7 Å². The van der Waals surface area contributed by atoms with E-state index >= 15 is 0 Å². The third-order valence-corrected chi connectivity index (χ3v) is 4.72. The van der Waals surface area contributed by atoms with Crippen molar-refractivity contribution < 1.29 is 9.53 Å². The zero-order valence-electron chi connectivity index (χ0n) is 15.5. The number of rotatable bonds is 4. The van der Waals surface area contributed by atoms with Gasteiger partial charge in [0, 0.05) is 19.4 Å². The Bertz CT molecular complexity index is 791. The van der Waals surface area contributed by atoms with Gasteiger partial charge in [-0.2, -0.15) is 5.10 Å². The average Bonchev–Trinajstić information content (AvgIpc) is 3.04. The van der Waals surface area contributed by atoms with Crippen LogP contribution in [0.4, 0.5) is 0 Å². The number of aryl methyl sites for hydroxylation is 1. The fourth-order valence-corrected chi connectivity index (χ4v) is 3.10. The fraction of sp³-hybridized carbons (Fsp3) is 0.526. The highest BCUT2D eigenvalue weighted by molar-refractivity contribution is 5.76. The number of ether oxygens (including phenoxy) is 1. The summed E-state index contributed by atoms with van der Waals surface area (Å²) in [5, 5.41) is 6.18. The topological polar surface area (TPSA) is 91.1 Å². The molecule has 0 aliphatic carbocycles. The number of nitrogens with zero attached hydrogens (tertiary/aromatic N) is 2.